The van der Waals surface area contributed by atoms with E-state index in [0.717, 1.165) is 17.3 Å². The maximum absolute atomic E-state index is 12.8. The lowest BCUT2D eigenvalue weighted by molar-refractivity contribution is 0.370. The van der Waals surface area contributed by atoms with Crippen molar-refractivity contribution in [1.29, 1.82) is 0 Å². The highest BCUT2D eigenvalue weighted by Crippen LogP contribution is 2.33. The van der Waals surface area contributed by atoms with Crippen LogP contribution >= 0.6 is 15.9 Å². The fourth-order valence-electron chi connectivity index (χ4n) is 2.54. The molecule has 1 aliphatic heterocycles. The van der Waals surface area contributed by atoms with Gasteiger partial charge in [0.1, 0.15) is 10.6 Å². The molecule has 112 valence electrons. The summed E-state index contributed by atoms with van der Waals surface area (Å²) in [5.41, 5.74) is 0. The van der Waals surface area contributed by atoms with Gasteiger partial charge in [0.05, 0.1) is 7.11 Å². The van der Waals surface area contributed by atoms with Gasteiger partial charge in [0.15, 0.2) is 0 Å². The second-order valence-electron chi connectivity index (χ2n) is 4.76. The van der Waals surface area contributed by atoms with E-state index in [9.17, 15) is 8.42 Å². The predicted octanol–water partition coefficient (Wildman–Crippen LogP) is 1.83. The number of halogens is 1. The highest BCUT2D eigenvalue weighted by atomic mass is 79.9. The Morgan fingerprint density at radius 2 is 2.25 bits per heavy atom. The van der Waals surface area contributed by atoms with Gasteiger partial charge in [0, 0.05) is 23.6 Å². The zero-order valence-electron chi connectivity index (χ0n) is 11.6. The van der Waals surface area contributed by atoms with E-state index in [4.69, 9.17) is 4.74 Å². The zero-order valence-corrected chi connectivity index (χ0v) is 14.0. The molecule has 1 N–H and O–H groups in total. The molecule has 1 fully saturated rings. The molecule has 0 amide bonds. The van der Waals surface area contributed by atoms with E-state index < -0.39 is 10.0 Å². The summed E-state index contributed by atoms with van der Waals surface area (Å²) in [6.45, 7) is 1.22. The predicted molar refractivity (Wildman–Crippen MR) is 81.5 cm³/mol. The summed E-state index contributed by atoms with van der Waals surface area (Å²) >= 11 is 3.32. The lowest BCUT2D eigenvalue weighted by atomic mass is 10.2. The van der Waals surface area contributed by atoms with Crippen LogP contribution in [0, 0.1) is 0 Å². The average molecular weight is 363 g/mol. The molecule has 1 atom stereocenters. The fraction of sp³-hybridized carbons (Fsp3) is 0.538. The largest absolute Gasteiger partial charge is 0.495 e. The third-order valence-corrected chi connectivity index (χ3v) is 5.94. The van der Waals surface area contributed by atoms with E-state index in [2.05, 4.69) is 21.2 Å². The van der Waals surface area contributed by atoms with Gasteiger partial charge < -0.3 is 10.1 Å². The molecule has 1 saturated heterocycles. The van der Waals surface area contributed by atoms with Crippen LogP contribution < -0.4 is 10.1 Å². The van der Waals surface area contributed by atoms with Gasteiger partial charge in [0.25, 0.3) is 0 Å². The Bertz CT molecular complexity index is 577. The van der Waals surface area contributed by atoms with Gasteiger partial charge >= 0.3 is 0 Å². The van der Waals surface area contributed by atoms with Crippen LogP contribution in [0.5, 0.6) is 5.75 Å². The molecule has 0 radical (unpaired) electrons. The van der Waals surface area contributed by atoms with Crippen molar-refractivity contribution in [3.05, 3.63) is 22.7 Å². The number of rotatable bonds is 5. The average Bonchev–Trinajstić information content (AvgIpc) is 2.88. The van der Waals surface area contributed by atoms with E-state index in [1.807, 2.05) is 7.05 Å². The van der Waals surface area contributed by atoms with Crippen molar-refractivity contribution in [3.8, 4) is 5.75 Å². The summed E-state index contributed by atoms with van der Waals surface area (Å²) < 4.78 is 33.2. The summed E-state index contributed by atoms with van der Waals surface area (Å²) in [6.07, 6.45) is 1.78. The lowest BCUT2D eigenvalue weighted by Gasteiger charge is -2.24. The molecular formula is C13H19BrN2O3S. The van der Waals surface area contributed by atoms with Crippen LogP contribution in [0.1, 0.15) is 12.8 Å². The Morgan fingerprint density at radius 3 is 2.90 bits per heavy atom. The zero-order chi connectivity index (χ0) is 14.8. The number of hydrogen-bond donors (Lipinski definition) is 1. The molecule has 1 aliphatic rings. The number of ether oxygens (including phenoxy) is 1. The molecule has 2 rings (SSSR count). The maximum Gasteiger partial charge on any atom is 0.247 e. The summed E-state index contributed by atoms with van der Waals surface area (Å²) in [5, 5.41) is 3.06. The molecule has 0 aromatic heterocycles. The third-order valence-electron chi connectivity index (χ3n) is 3.48. The van der Waals surface area contributed by atoms with Gasteiger partial charge in [-0.3, -0.25) is 0 Å². The van der Waals surface area contributed by atoms with Crippen molar-refractivity contribution in [2.45, 2.75) is 23.8 Å². The molecule has 7 heteroatoms. The highest BCUT2D eigenvalue weighted by molar-refractivity contribution is 9.10. The summed E-state index contributed by atoms with van der Waals surface area (Å²) in [5.74, 6) is 0.378. The van der Waals surface area contributed by atoms with Crippen LogP contribution in [-0.4, -0.2) is 46.0 Å². The van der Waals surface area contributed by atoms with Crippen LogP contribution in [0.25, 0.3) is 0 Å². The Kier molecular flexibility index (Phi) is 5.06. The molecule has 0 spiro atoms. The van der Waals surface area contributed by atoms with Crippen molar-refractivity contribution < 1.29 is 13.2 Å². The number of nitrogens with zero attached hydrogens (tertiary/aromatic N) is 1. The summed E-state index contributed by atoms with van der Waals surface area (Å²) in [4.78, 5) is 0.220. The van der Waals surface area contributed by atoms with Crippen molar-refractivity contribution in [1.82, 2.24) is 9.62 Å². The molecule has 0 aliphatic carbocycles. The number of methoxy groups -OCH3 is 1. The van der Waals surface area contributed by atoms with E-state index in [1.165, 1.54) is 7.11 Å². The van der Waals surface area contributed by atoms with Crippen molar-refractivity contribution in [3.63, 3.8) is 0 Å². The highest BCUT2D eigenvalue weighted by Gasteiger charge is 2.36. The van der Waals surface area contributed by atoms with Gasteiger partial charge in [-0.15, -0.1) is 0 Å². The van der Waals surface area contributed by atoms with Crippen molar-refractivity contribution in [2.24, 2.45) is 0 Å². The third kappa shape index (κ3) is 3.00. The SMILES string of the molecule is CNC[C@H]1CCCN1S(=O)(=O)c1cc(Br)ccc1OC. The number of nitrogens with one attached hydrogen (secondary N) is 1. The topological polar surface area (TPSA) is 58.6 Å². The van der Waals surface area contributed by atoms with Crippen molar-refractivity contribution >= 4 is 26.0 Å². The summed E-state index contributed by atoms with van der Waals surface area (Å²) in [7, 11) is -0.217. The minimum atomic E-state index is -3.54. The van der Waals surface area contributed by atoms with Gasteiger partial charge in [-0.25, -0.2) is 8.42 Å². The van der Waals surface area contributed by atoms with Gasteiger partial charge in [-0.05, 0) is 38.1 Å². The molecule has 20 heavy (non-hydrogen) atoms. The van der Waals surface area contributed by atoms with Crippen LogP contribution in [-0.2, 0) is 10.0 Å². The normalized spacial score (nSPS) is 20.2. The number of hydrogen-bond acceptors (Lipinski definition) is 4. The Morgan fingerprint density at radius 1 is 1.50 bits per heavy atom. The van der Waals surface area contributed by atoms with Crippen LogP contribution in [0.2, 0.25) is 0 Å². The molecule has 0 bridgehead atoms. The molecule has 5 nitrogen and oxygen atoms in total. The first-order chi connectivity index (χ1) is 9.50. The number of sulfonamides is 1. The standard InChI is InChI=1S/C13H19BrN2O3S/c1-15-9-11-4-3-7-16(11)20(17,18)13-8-10(14)5-6-12(13)19-2/h5-6,8,11,15H,3-4,7,9H2,1-2H3/t11-/m1/s1. The molecular weight excluding hydrogens is 344 g/mol. The first-order valence-corrected chi connectivity index (χ1v) is 8.74. The molecule has 1 heterocycles. The van der Waals surface area contributed by atoms with Crippen molar-refractivity contribution in [2.75, 3.05) is 27.2 Å². The number of likely N-dealkylation sites (N-methyl/N-ethyl adjacent to an activating group) is 1. The van der Waals surface area contributed by atoms with Crippen LogP contribution in [0.15, 0.2) is 27.6 Å². The monoisotopic (exact) mass is 362 g/mol. The minimum Gasteiger partial charge on any atom is -0.495 e. The Hall–Kier alpha value is -0.630. The van der Waals surface area contributed by atoms with Gasteiger partial charge in [-0.2, -0.15) is 4.31 Å². The van der Waals surface area contributed by atoms with Crippen LogP contribution in [0.4, 0.5) is 0 Å². The molecule has 0 unspecified atom stereocenters. The molecule has 1 aromatic rings. The lowest BCUT2D eigenvalue weighted by Crippen LogP contribution is -2.40. The van der Waals surface area contributed by atoms with Gasteiger partial charge in [0.2, 0.25) is 10.0 Å². The van der Waals surface area contributed by atoms with E-state index >= 15 is 0 Å². The van der Waals surface area contributed by atoms with E-state index in [0.29, 0.717) is 18.8 Å². The second-order valence-corrected chi connectivity index (χ2v) is 7.54. The number of benzene rings is 1. The first kappa shape index (κ1) is 15.8. The minimum absolute atomic E-state index is 0.00804. The maximum atomic E-state index is 12.8. The first-order valence-electron chi connectivity index (χ1n) is 6.50. The van der Waals surface area contributed by atoms with E-state index in [-0.39, 0.29) is 10.9 Å². The second kappa shape index (κ2) is 6.43. The quantitative estimate of drug-likeness (QED) is 0.867. The Balaban J connectivity index is 2.42. The van der Waals surface area contributed by atoms with E-state index in [1.54, 1.807) is 22.5 Å². The fourth-order valence-corrected chi connectivity index (χ4v) is 4.93. The smallest absolute Gasteiger partial charge is 0.247 e. The molecule has 1 aromatic carbocycles. The van der Waals surface area contributed by atoms with Crippen LogP contribution in [0.3, 0.4) is 0 Å². The Labute approximate surface area is 128 Å². The molecule has 0 saturated carbocycles. The van der Waals surface area contributed by atoms with Gasteiger partial charge in [-0.1, -0.05) is 15.9 Å². The summed E-state index contributed by atoms with van der Waals surface area (Å²) in [6, 6.07) is 5.05.